The van der Waals surface area contributed by atoms with Gasteiger partial charge in [0.25, 0.3) is 0 Å². The Bertz CT molecular complexity index is 116. The lowest BCUT2D eigenvalue weighted by Gasteiger charge is -2.12. The fourth-order valence-electron chi connectivity index (χ4n) is 0.851. The van der Waals surface area contributed by atoms with Crippen molar-refractivity contribution >= 4 is 6.34 Å². The Labute approximate surface area is 69.6 Å². The van der Waals surface area contributed by atoms with E-state index >= 15 is 0 Å². The zero-order valence-corrected chi connectivity index (χ0v) is 7.75. The van der Waals surface area contributed by atoms with E-state index in [-0.39, 0.29) is 0 Å². The summed E-state index contributed by atoms with van der Waals surface area (Å²) in [4.78, 5) is 6.06. The standard InChI is InChI=1S/C9H18N2/c1-4-6-8-11(7-5-2)9-10-3/h5,7,9H,4,6,8H2,1-3H3/b7-5-,10-9?. The van der Waals surface area contributed by atoms with Crippen LogP contribution in [0.2, 0.25) is 0 Å². The van der Waals surface area contributed by atoms with E-state index in [4.69, 9.17) is 0 Å². The first-order valence-corrected chi connectivity index (χ1v) is 4.16. The summed E-state index contributed by atoms with van der Waals surface area (Å²) in [5.74, 6) is 0. The minimum Gasteiger partial charge on any atom is -0.340 e. The van der Waals surface area contributed by atoms with Crippen LogP contribution in [-0.2, 0) is 0 Å². The van der Waals surface area contributed by atoms with Gasteiger partial charge in [0.15, 0.2) is 0 Å². The van der Waals surface area contributed by atoms with Crippen LogP contribution >= 0.6 is 0 Å². The van der Waals surface area contributed by atoms with E-state index in [1.54, 1.807) is 7.05 Å². The Morgan fingerprint density at radius 1 is 1.45 bits per heavy atom. The van der Waals surface area contributed by atoms with Gasteiger partial charge in [0.1, 0.15) is 0 Å². The van der Waals surface area contributed by atoms with Crippen molar-refractivity contribution in [2.45, 2.75) is 26.7 Å². The molecule has 64 valence electrons. The number of hydrogen-bond acceptors (Lipinski definition) is 1. The van der Waals surface area contributed by atoms with Crippen LogP contribution in [0.3, 0.4) is 0 Å². The summed E-state index contributed by atoms with van der Waals surface area (Å²) >= 11 is 0. The Morgan fingerprint density at radius 2 is 2.18 bits per heavy atom. The van der Waals surface area contributed by atoms with Gasteiger partial charge in [0.05, 0.1) is 6.34 Å². The van der Waals surface area contributed by atoms with Crippen LogP contribution in [0.15, 0.2) is 17.3 Å². The highest BCUT2D eigenvalue weighted by molar-refractivity contribution is 5.56. The van der Waals surface area contributed by atoms with Crippen molar-refractivity contribution in [3.8, 4) is 0 Å². The van der Waals surface area contributed by atoms with E-state index in [0.29, 0.717) is 0 Å². The molecule has 0 atom stereocenters. The molecule has 0 aromatic heterocycles. The van der Waals surface area contributed by atoms with Crippen LogP contribution in [0.25, 0.3) is 0 Å². The van der Waals surface area contributed by atoms with Gasteiger partial charge in [-0.2, -0.15) is 0 Å². The number of aliphatic imine (C=N–C) groups is 1. The van der Waals surface area contributed by atoms with Gasteiger partial charge in [-0.15, -0.1) is 0 Å². The van der Waals surface area contributed by atoms with Crippen LogP contribution in [0.4, 0.5) is 0 Å². The molecule has 0 bridgehead atoms. The molecule has 0 unspecified atom stereocenters. The predicted molar refractivity (Wildman–Crippen MR) is 50.8 cm³/mol. The van der Waals surface area contributed by atoms with Crippen molar-refractivity contribution in [2.75, 3.05) is 13.6 Å². The molecule has 0 fully saturated rings. The summed E-state index contributed by atoms with van der Waals surface area (Å²) in [7, 11) is 1.79. The first-order chi connectivity index (χ1) is 5.35. The number of nitrogens with zero attached hydrogens (tertiary/aromatic N) is 2. The molecule has 0 aliphatic carbocycles. The summed E-state index contributed by atoms with van der Waals surface area (Å²) in [6.07, 6.45) is 8.37. The molecule has 0 saturated carbocycles. The second-order valence-electron chi connectivity index (χ2n) is 2.45. The van der Waals surface area contributed by atoms with Crippen molar-refractivity contribution in [3.05, 3.63) is 12.3 Å². The third kappa shape index (κ3) is 5.64. The lowest BCUT2D eigenvalue weighted by atomic mass is 10.3. The smallest absolute Gasteiger partial charge is 0.0886 e. The molecule has 0 aromatic carbocycles. The highest BCUT2D eigenvalue weighted by Crippen LogP contribution is 1.92. The van der Waals surface area contributed by atoms with Gasteiger partial charge >= 0.3 is 0 Å². The molecule has 0 rings (SSSR count). The zero-order chi connectivity index (χ0) is 8.53. The second kappa shape index (κ2) is 7.32. The third-order valence-corrected chi connectivity index (χ3v) is 1.37. The lowest BCUT2D eigenvalue weighted by Crippen LogP contribution is -2.15. The predicted octanol–water partition coefficient (Wildman–Crippen LogP) is 2.28. The van der Waals surface area contributed by atoms with Crippen LogP contribution in [0.1, 0.15) is 26.7 Å². The van der Waals surface area contributed by atoms with Crippen LogP contribution in [0.5, 0.6) is 0 Å². The first kappa shape index (κ1) is 10.2. The maximum Gasteiger partial charge on any atom is 0.0886 e. The normalized spacial score (nSPS) is 11.5. The van der Waals surface area contributed by atoms with Crippen molar-refractivity contribution in [2.24, 2.45) is 4.99 Å². The summed E-state index contributed by atoms with van der Waals surface area (Å²) in [5.41, 5.74) is 0. The lowest BCUT2D eigenvalue weighted by molar-refractivity contribution is 0.539. The number of rotatable bonds is 5. The largest absolute Gasteiger partial charge is 0.340 e. The maximum absolute atomic E-state index is 3.96. The summed E-state index contributed by atoms with van der Waals surface area (Å²) in [6.45, 7) is 5.28. The van der Waals surface area contributed by atoms with Gasteiger partial charge < -0.3 is 4.90 Å². The molecule has 2 heteroatoms. The molecule has 0 saturated heterocycles. The number of hydrogen-bond donors (Lipinski definition) is 0. The molecular weight excluding hydrogens is 136 g/mol. The molecule has 0 aromatic rings. The van der Waals surface area contributed by atoms with E-state index in [1.165, 1.54) is 12.8 Å². The number of unbranched alkanes of at least 4 members (excludes halogenated alkanes) is 1. The van der Waals surface area contributed by atoms with Crippen molar-refractivity contribution < 1.29 is 0 Å². The first-order valence-electron chi connectivity index (χ1n) is 4.16. The SMILES string of the molecule is C/C=C\N(C=NC)CCCC. The fourth-order valence-corrected chi connectivity index (χ4v) is 0.851. The van der Waals surface area contributed by atoms with Crippen molar-refractivity contribution in [3.63, 3.8) is 0 Å². The minimum absolute atomic E-state index is 1.07. The summed E-state index contributed by atoms with van der Waals surface area (Å²) in [6, 6.07) is 0. The van der Waals surface area contributed by atoms with Crippen molar-refractivity contribution in [1.29, 1.82) is 0 Å². The van der Waals surface area contributed by atoms with E-state index < -0.39 is 0 Å². The van der Waals surface area contributed by atoms with Gasteiger partial charge in [-0.05, 0) is 13.3 Å². The molecular formula is C9H18N2. The Morgan fingerprint density at radius 3 is 2.64 bits per heavy atom. The zero-order valence-electron chi connectivity index (χ0n) is 7.75. The summed E-state index contributed by atoms with van der Waals surface area (Å²) < 4.78 is 0. The Balaban J connectivity index is 3.69. The second-order valence-corrected chi connectivity index (χ2v) is 2.45. The highest BCUT2D eigenvalue weighted by atomic mass is 15.1. The highest BCUT2D eigenvalue weighted by Gasteiger charge is 1.90. The van der Waals surface area contributed by atoms with Crippen LogP contribution in [-0.4, -0.2) is 24.8 Å². The molecule has 0 heterocycles. The van der Waals surface area contributed by atoms with Gasteiger partial charge in [0, 0.05) is 19.8 Å². The van der Waals surface area contributed by atoms with E-state index in [2.05, 4.69) is 16.8 Å². The Kier molecular flexibility index (Phi) is 6.79. The van der Waals surface area contributed by atoms with Gasteiger partial charge in [-0.25, -0.2) is 0 Å². The number of allylic oxidation sites excluding steroid dienone is 1. The van der Waals surface area contributed by atoms with Crippen LogP contribution in [0, 0.1) is 0 Å². The molecule has 0 N–H and O–H groups in total. The average molecular weight is 154 g/mol. The van der Waals surface area contributed by atoms with E-state index in [9.17, 15) is 0 Å². The average Bonchev–Trinajstić information content (AvgIpc) is 2.01. The van der Waals surface area contributed by atoms with Gasteiger partial charge in [-0.1, -0.05) is 19.4 Å². The monoisotopic (exact) mass is 154 g/mol. The minimum atomic E-state index is 1.07. The molecule has 0 amide bonds. The summed E-state index contributed by atoms with van der Waals surface area (Å²) in [5, 5.41) is 0. The molecule has 0 radical (unpaired) electrons. The maximum atomic E-state index is 3.96. The molecule has 0 aliphatic heterocycles. The molecule has 11 heavy (non-hydrogen) atoms. The van der Waals surface area contributed by atoms with Gasteiger partial charge in [-0.3, -0.25) is 4.99 Å². The van der Waals surface area contributed by atoms with E-state index in [1.807, 2.05) is 25.5 Å². The van der Waals surface area contributed by atoms with Gasteiger partial charge in [0.2, 0.25) is 0 Å². The molecule has 0 spiro atoms. The van der Waals surface area contributed by atoms with E-state index in [0.717, 1.165) is 6.54 Å². The Hall–Kier alpha value is -0.790. The molecule has 0 aliphatic rings. The van der Waals surface area contributed by atoms with Crippen molar-refractivity contribution in [1.82, 2.24) is 4.90 Å². The topological polar surface area (TPSA) is 15.6 Å². The van der Waals surface area contributed by atoms with Crippen LogP contribution < -0.4 is 0 Å². The third-order valence-electron chi connectivity index (χ3n) is 1.37. The quantitative estimate of drug-likeness (QED) is 0.438. The molecule has 2 nitrogen and oxygen atoms in total. The fraction of sp³-hybridized carbons (Fsp3) is 0.667.